The molecule has 2 aromatic heterocycles. The van der Waals surface area contributed by atoms with Crippen molar-refractivity contribution in [1.29, 1.82) is 0 Å². The number of amides is 1. The normalized spacial score (nSPS) is 35.8. The molecule has 0 saturated carbocycles. The summed E-state index contributed by atoms with van der Waals surface area (Å²) in [5.74, 6) is -5.09. The van der Waals surface area contributed by atoms with Gasteiger partial charge in [-0.05, 0) is 69.4 Å². The number of aliphatic hydroxyl groups is 2. The summed E-state index contributed by atoms with van der Waals surface area (Å²) < 4.78 is 26.7. The van der Waals surface area contributed by atoms with Crippen molar-refractivity contribution in [2.24, 2.45) is 35.0 Å². The van der Waals surface area contributed by atoms with Crippen LogP contribution in [-0.4, -0.2) is 109 Å². The number of imidazole rings is 1. The van der Waals surface area contributed by atoms with Gasteiger partial charge < -0.3 is 38.6 Å². The van der Waals surface area contributed by atoms with Crippen LogP contribution >= 0.6 is 0 Å². The fraction of sp³-hybridized carbons (Fsp3) is 0.714. The first-order chi connectivity index (χ1) is 26.4. The number of carbonyl (C=O) groups excluding carboxylic acids is 4. The Morgan fingerprint density at radius 1 is 1.00 bits per heavy atom. The van der Waals surface area contributed by atoms with E-state index in [4.69, 9.17) is 18.9 Å². The van der Waals surface area contributed by atoms with E-state index in [0.29, 0.717) is 25.8 Å². The van der Waals surface area contributed by atoms with E-state index in [1.54, 1.807) is 39.5 Å². The Balaban J connectivity index is 1.43. The molecular weight excluding hydrogens is 720 g/mol. The van der Waals surface area contributed by atoms with Gasteiger partial charge in [0.15, 0.2) is 17.7 Å². The maximum atomic E-state index is 14.6. The highest BCUT2D eigenvalue weighted by Gasteiger charge is 2.62. The lowest BCUT2D eigenvalue weighted by molar-refractivity contribution is -0.284. The van der Waals surface area contributed by atoms with E-state index in [1.807, 2.05) is 57.5 Å². The molecule has 310 valence electrons. The quantitative estimate of drug-likeness (QED) is 0.182. The maximum absolute atomic E-state index is 14.6. The van der Waals surface area contributed by atoms with Crippen molar-refractivity contribution >= 4 is 23.6 Å². The molecule has 0 spiro atoms. The Hall–Kier alpha value is -3.72. The molecule has 12 atom stereocenters. The Bertz CT molecular complexity index is 1680. The molecular formula is C42H62N4O10. The minimum Gasteiger partial charge on any atom is -0.457 e. The molecule has 3 saturated heterocycles. The number of unbranched alkanes of at least 4 members (excludes halogenated alkanes) is 1. The molecule has 0 aromatic carbocycles. The van der Waals surface area contributed by atoms with Crippen molar-refractivity contribution in [3.05, 3.63) is 37.1 Å². The van der Waals surface area contributed by atoms with Crippen molar-refractivity contribution in [3.63, 3.8) is 0 Å². The van der Waals surface area contributed by atoms with Gasteiger partial charge in [0.2, 0.25) is 0 Å². The lowest BCUT2D eigenvalue weighted by Gasteiger charge is -2.45. The van der Waals surface area contributed by atoms with Gasteiger partial charge in [-0.3, -0.25) is 19.4 Å². The Labute approximate surface area is 330 Å². The topological polar surface area (TPSA) is 180 Å². The zero-order valence-electron chi connectivity index (χ0n) is 34.4. The number of cyclic esters (lactones) is 1. The van der Waals surface area contributed by atoms with Gasteiger partial charge in [0.05, 0.1) is 36.9 Å². The number of carbonyl (C=O) groups is 4. The fourth-order valence-corrected chi connectivity index (χ4v) is 9.36. The van der Waals surface area contributed by atoms with E-state index in [1.165, 1.54) is 11.8 Å². The Morgan fingerprint density at radius 3 is 2.38 bits per heavy atom. The zero-order valence-corrected chi connectivity index (χ0v) is 34.4. The first-order valence-corrected chi connectivity index (χ1v) is 20.2. The second-order valence-electron chi connectivity index (χ2n) is 17.2. The number of aliphatic hydroxyl groups excluding tert-OH is 2. The molecule has 0 unspecified atom stereocenters. The molecule has 56 heavy (non-hydrogen) atoms. The lowest BCUT2D eigenvalue weighted by Crippen LogP contribution is -2.61. The highest BCUT2D eigenvalue weighted by atomic mass is 16.7. The number of rotatable bonds is 10. The average molecular weight is 783 g/mol. The van der Waals surface area contributed by atoms with Crippen LogP contribution in [0.15, 0.2) is 37.1 Å². The molecule has 3 aliphatic rings. The number of ether oxygens (including phenoxy) is 4. The van der Waals surface area contributed by atoms with Gasteiger partial charge in [-0.2, -0.15) is 0 Å². The van der Waals surface area contributed by atoms with Gasteiger partial charge in [-0.1, -0.05) is 48.5 Å². The molecule has 0 bridgehead atoms. The smallest absolute Gasteiger partial charge is 0.411 e. The van der Waals surface area contributed by atoms with E-state index < -0.39 is 89.8 Å². The van der Waals surface area contributed by atoms with Crippen molar-refractivity contribution in [2.75, 3.05) is 13.2 Å². The summed E-state index contributed by atoms with van der Waals surface area (Å²) in [4.78, 5) is 66.7. The van der Waals surface area contributed by atoms with Gasteiger partial charge >= 0.3 is 12.1 Å². The predicted octanol–water partition coefficient (Wildman–Crippen LogP) is 5.23. The van der Waals surface area contributed by atoms with Crippen LogP contribution in [0.2, 0.25) is 0 Å². The van der Waals surface area contributed by atoms with E-state index in [9.17, 15) is 29.4 Å². The summed E-state index contributed by atoms with van der Waals surface area (Å²) in [5, 5.41) is 22.2. The van der Waals surface area contributed by atoms with E-state index in [-0.39, 0.29) is 37.2 Å². The number of ketones is 2. The minimum atomic E-state index is -1.76. The van der Waals surface area contributed by atoms with Gasteiger partial charge in [0.1, 0.15) is 23.9 Å². The molecule has 5 heterocycles. The van der Waals surface area contributed by atoms with E-state index in [0.717, 1.165) is 11.3 Å². The monoisotopic (exact) mass is 782 g/mol. The second-order valence-corrected chi connectivity index (χ2v) is 17.2. The molecule has 2 aromatic rings. The molecule has 2 N–H and O–H groups in total. The van der Waals surface area contributed by atoms with Gasteiger partial charge in [0.25, 0.3) is 0 Å². The van der Waals surface area contributed by atoms with Crippen LogP contribution in [0.1, 0.15) is 94.4 Å². The third kappa shape index (κ3) is 8.88. The summed E-state index contributed by atoms with van der Waals surface area (Å²) >= 11 is 0. The van der Waals surface area contributed by atoms with Crippen molar-refractivity contribution < 1.29 is 48.3 Å². The van der Waals surface area contributed by atoms with E-state index >= 15 is 0 Å². The highest BCUT2D eigenvalue weighted by Crippen LogP contribution is 2.44. The van der Waals surface area contributed by atoms with Crippen molar-refractivity contribution in [2.45, 2.75) is 143 Å². The van der Waals surface area contributed by atoms with Crippen LogP contribution in [0, 0.1) is 35.0 Å². The standard InChI is InChI=1S/C42H62N4O10/c1-10-32-42(22-47)36(46(40(52)56-42)17-12-11-16-45-21-31(44-23-45)30-14-13-15-43-20-30)27(5)33(48)25(3)19-41(8,9)37(28(6)35(50)29(7)38(51)54-32)55-39-34(49)24(2)18-26(4)53-39/h13-15,20-21,23-29,32,34,36-37,39,47,49H,10-12,16-19,22H2,1-9H3/t24-,25+,26+,27-,28-,29+,32+,34+,36+,37+,39-,42+/m0/s1. The number of aromatic nitrogens is 3. The van der Waals surface area contributed by atoms with Gasteiger partial charge in [-0.25, -0.2) is 9.78 Å². The Morgan fingerprint density at radius 2 is 1.71 bits per heavy atom. The third-order valence-electron chi connectivity index (χ3n) is 12.3. The van der Waals surface area contributed by atoms with Crippen LogP contribution in [0.25, 0.3) is 11.3 Å². The van der Waals surface area contributed by atoms with Crippen molar-refractivity contribution in [3.8, 4) is 11.3 Å². The molecule has 14 nitrogen and oxygen atoms in total. The van der Waals surface area contributed by atoms with Crippen LogP contribution in [0.5, 0.6) is 0 Å². The minimum absolute atomic E-state index is 0.111. The molecule has 3 aliphatic heterocycles. The summed E-state index contributed by atoms with van der Waals surface area (Å²) in [6.07, 6.45) is 4.56. The molecule has 5 rings (SSSR count). The van der Waals surface area contributed by atoms with Gasteiger partial charge in [0, 0.05) is 55.0 Å². The van der Waals surface area contributed by atoms with Crippen LogP contribution < -0.4 is 0 Å². The average Bonchev–Trinajstić information content (AvgIpc) is 3.76. The number of nitrogens with zero attached hydrogens (tertiary/aromatic N) is 4. The fourth-order valence-electron chi connectivity index (χ4n) is 9.36. The number of fused-ring (bicyclic) bond motifs is 1. The first-order valence-electron chi connectivity index (χ1n) is 20.2. The SMILES string of the molecule is CC[C@H]1OC(=O)[C@H](C)C(=O)[C@H](C)[C@@H](O[C@@H]2O[C@H](C)C[C@H](C)[C@H]2O)C(C)(C)C[C@@H](C)C(=O)[C@H](C)[C@H]2N(CCCCn3cnc(-c4cccnc4)c3)C(=O)O[C@]12CO. The Kier molecular flexibility index (Phi) is 13.8. The van der Waals surface area contributed by atoms with Gasteiger partial charge in [-0.15, -0.1) is 0 Å². The second kappa shape index (κ2) is 17.8. The third-order valence-corrected chi connectivity index (χ3v) is 12.3. The highest BCUT2D eigenvalue weighted by molar-refractivity contribution is 6.00. The number of Topliss-reactive ketones (excluding diaryl/α,β-unsaturated/α-hetero) is 2. The van der Waals surface area contributed by atoms with E-state index in [2.05, 4.69) is 9.97 Å². The molecule has 1 amide bonds. The predicted molar refractivity (Wildman–Crippen MR) is 206 cm³/mol. The number of hydrogen-bond acceptors (Lipinski definition) is 12. The lowest BCUT2D eigenvalue weighted by atomic mass is 9.69. The summed E-state index contributed by atoms with van der Waals surface area (Å²) in [5.41, 5.74) is -0.900. The molecule has 14 heteroatoms. The number of aryl methyl sites for hydroxylation is 1. The molecule has 0 aliphatic carbocycles. The molecule has 0 radical (unpaired) electrons. The first kappa shape index (κ1) is 43.4. The summed E-state index contributed by atoms with van der Waals surface area (Å²) in [6.45, 7) is 16.2. The summed E-state index contributed by atoms with van der Waals surface area (Å²) in [6, 6.07) is 2.81. The van der Waals surface area contributed by atoms with Crippen LogP contribution in [-0.2, 0) is 39.9 Å². The number of pyridine rings is 1. The zero-order chi connectivity index (χ0) is 41.1. The number of esters is 1. The van der Waals surface area contributed by atoms with Crippen LogP contribution in [0.4, 0.5) is 4.79 Å². The maximum Gasteiger partial charge on any atom is 0.411 e. The molecule has 3 fully saturated rings. The largest absolute Gasteiger partial charge is 0.457 e. The number of hydrogen-bond donors (Lipinski definition) is 2. The van der Waals surface area contributed by atoms with Crippen LogP contribution in [0.3, 0.4) is 0 Å². The van der Waals surface area contributed by atoms with Crippen molar-refractivity contribution in [1.82, 2.24) is 19.4 Å². The summed E-state index contributed by atoms with van der Waals surface area (Å²) in [7, 11) is 0.